The van der Waals surface area contributed by atoms with Gasteiger partial charge in [0, 0.05) is 0 Å². The van der Waals surface area contributed by atoms with Crippen molar-refractivity contribution in [2.24, 2.45) is 0 Å². The molecule has 0 amide bonds. The number of hydrogen-bond acceptors (Lipinski definition) is 7. The van der Waals surface area contributed by atoms with Gasteiger partial charge in [-0.1, -0.05) is 47.9 Å². The number of esters is 1. The smallest absolute Gasteiger partial charge is 0.342 e. The average molecular weight is 398 g/mol. The average Bonchev–Trinajstić information content (AvgIpc) is 3.19. The van der Waals surface area contributed by atoms with Crippen molar-refractivity contribution in [3.8, 4) is 23.3 Å². The van der Waals surface area contributed by atoms with Gasteiger partial charge in [-0.2, -0.15) is 4.68 Å². The molecule has 0 spiro atoms. The summed E-state index contributed by atoms with van der Waals surface area (Å²) < 4.78 is 25.3. The lowest BCUT2D eigenvalue weighted by molar-refractivity contribution is 0.0551. The Morgan fingerprint density at radius 2 is 1.96 bits per heavy atom. The van der Waals surface area contributed by atoms with Gasteiger partial charge >= 0.3 is 5.97 Å². The van der Waals surface area contributed by atoms with Crippen LogP contribution in [0, 0.1) is 17.7 Å². The van der Waals surface area contributed by atoms with E-state index in [0.717, 1.165) is 0 Å². The zero-order chi connectivity index (χ0) is 19.8. The summed E-state index contributed by atoms with van der Waals surface area (Å²) in [4.78, 5) is 11.8. The summed E-state index contributed by atoms with van der Waals surface area (Å²) in [5, 5.41) is 12.2. The second kappa shape index (κ2) is 9.53. The monoisotopic (exact) mass is 398 g/mol. The van der Waals surface area contributed by atoms with Crippen LogP contribution in [0.1, 0.15) is 10.4 Å². The summed E-state index contributed by atoms with van der Waals surface area (Å²) in [6, 6.07) is 13.0. The maximum absolute atomic E-state index is 13.5. The van der Waals surface area contributed by atoms with E-state index in [4.69, 9.17) is 9.47 Å². The fourth-order valence-corrected chi connectivity index (χ4v) is 2.89. The standard InChI is InChI=1S/C19H15FN4O3S/c1-26-17-11-5-4-10-16(17)24-19(21-22-23-24)28-13-7-6-12-27-18(25)14-8-2-3-9-15(14)20/h2-5,8-11H,12-13H2,1H3. The van der Waals surface area contributed by atoms with Crippen LogP contribution in [-0.2, 0) is 4.74 Å². The van der Waals surface area contributed by atoms with Crippen molar-refractivity contribution in [1.29, 1.82) is 0 Å². The second-order valence-corrected chi connectivity index (χ2v) is 6.19. The Labute approximate surface area is 164 Å². The van der Waals surface area contributed by atoms with E-state index in [1.807, 2.05) is 24.3 Å². The highest BCUT2D eigenvalue weighted by atomic mass is 32.2. The third kappa shape index (κ3) is 4.66. The number of thioether (sulfide) groups is 1. The van der Waals surface area contributed by atoms with Crippen LogP contribution in [0.4, 0.5) is 4.39 Å². The summed E-state index contributed by atoms with van der Waals surface area (Å²) >= 11 is 1.32. The largest absolute Gasteiger partial charge is 0.494 e. The number of methoxy groups -OCH3 is 1. The Balaban J connectivity index is 1.54. The minimum absolute atomic E-state index is 0.116. The molecule has 0 radical (unpaired) electrons. The van der Waals surface area contributed by atoms with Crippen LogP contribution in [0.5, 0.6) is 5.75 Å². The van der Waals surface area contributed by atoms with E-state index in [0.29, 0.717) is 22.3 Å². The molecule has 0 bridgehead atoms. The molecule has 0 saturated heterocycles. The van der Waals surface area contributed by atoms with Gasteiger partial charge in [0.2, 0.25) is 5.16 Å². The maximum Gasteiger partial charge on any atom is 0.342 e. The Bertz CT molecular complexity index is 1030. The third-order valence-corrected chi connectivity index (χ3v) is 4.32. The molecular formula is C19H15FN4O3S. The van der Waals surface area contributed by atoms with Crippen molar-refractivity contribution in [2.75, 3.05) is 19.5 Å². The van der Waals surface area contributed by atoms with Crippen LogP contribution in [-0.4, -0.2) is 45.6 Å². The van der Waals surface area contributed by atoms with Gasteiger partial charge in [-0.25, -0.2) is 9.18 Å². The van der Waals surface area contributed by atoms with Gasteiger partial charge < -0.3 is 9.47 Å². The van der Waals surface area contributed by atoms with E-state index in [1.54, 1.807) is 17.9 Å². The normalized spacial score (nSPS) is 10.1. The van der Waals surface area contributed by atoms with Crippen molar-refractivity contribution >= 4 is 17.7 Å². The van der Waals surface area contributed by atoms with Crippen molar-refractivity contribution in [1.82, 2.24) is 20.2 Å². The summed E-state index contributed by atoms with van der Waals surface area (Å²) in [6.07, 6.45) is 0. The molecule has 7 nitrogen and oxygen atoms in total. The summed E-state index contributed by atoms with van der Waals surface area (Å²) in [5.41, 5.74) is 0.596. The van der Waals surface area contributed by atoms with E-state index in [9.17, 15) is 9.18 Å². The van der Waals surface area contributed by atoms with E-state index < -0.39 is 11.8 Å². The van der Waals surface area contributed by atoms with Crippen molar-refractivity contribution in [3.63, 3.8) is 0 Å². The minimum atomic E-state index is -0.750. The van der Waals surface area contributed by atoms with Gasteiger partial charge in [-0.15, -0.1) is 5.10 Å². The van der Waals surface area contributed by atoms with Gasteiger partial charge in [-0.05, 0) is 34.7 Å². The molecule has 0 saturated carbocycles. The first-order valence-corrected chi connectivity index (χ1v) is 9.11. The molecule has 0 atom stereocenters. The number of nitrogens with zero attached hydrogens (tertiary/aromatic N) is 4. The third-order valence-electron chi connectivity index (χ3n) is 3.52. The molecule has 2 aromatic carbocycles. The quantitative estimate of drug-likeness (QED) is 0.359. The molecule has 0 aliphatic rings. The van der Waals surface area contributed by atoms with Crippen molar-refractivity contribution in [2.45, 2.75) is 5.16 Å². The van der Waals surface area contributed by atoms with Crippen LogP contribution in [0.15, 0.2) is 53.7 Å². The summed E-state index contributed by atoms with van der Waals surface area (Å²) in [7, 11) is 1.57. The fraction of sp³-hybridized carbons (Fsp3) is 0.158. The summed E-state index contributed by atoms with van der Waals surface area (Å²) in [5.74, 6) is 5.21. The number of rotatable bonds is 6. The highest BCUT2D eigenvalue weighted by Gasteiger charge is 2.13. The molecule has 0 aliphatic heterocycles. The first-order valence-electron chi connectivity index (χ1n) is 8.12. The molecule has 3 rings (SSSR count). The SMILES string of the molecule is COc1ccccc1-n1nnnc1SCC#CCOC(=O)c1ccccc1F. The number of benzene rings is 2. The topological polar surface area (TPSA) is 79.1 Å². The molecule has 9 heteroatoms. The number of para-hydroxylation sites is 2. The van der Waals surface area contributed by atoms with Gasteiger partial charge in [0.15, 0.2) is 6.61 Å². The Kier molecular flexibility index (Phi) is 6.59. The molecule has 142 valence electrons. The molecule has 0 N–H and O–H groups in total. The Morgan fingerprint density at radius 3 is 2.79 bits per heavy atom. The van der Waals surface area contributed by atoms with Crippen LogP contribution in [0.3, 0.4) is 0 Å². The minimum Gasteiger partial charge on any atom is -0.494 e. The molecule has 0 fully saturated rings. The molecule has 3 aromatic rings. The highest BCUT2D eigenvalue weighted by molar-refractivity contribution is 7.99. The number of carbonyl (C=O) groups excluding carboxylic acids is 1. The zero-order valence-corrected chi connectivity index (χ0v) is 15.6. The molecule has 28 heavy (non-hydrogen) atoms. The van der Waals surface area contributed by atoms with Crippen LogP contribution < -0.4 is 4.74 Å². The molecule has 0 aliphatic carbocycles. The molecule has 0 unspecified atom stereocenters. The second-order valence-electron chi connectivity index (χ2n) is 5.24. The van der Waals surface area contributed by atoms with Crippen LogP contribution >= 0.6 is 11.8 Å². The van der Waals surface area contributed by atoms with Gasteiger partial charge in [0.05, 0.1) is 18.4 Å². The molecule has 1 aromatic heterocycles. The number of tetrazole rings is 1. The number of aromatic nitrogens is 4. The van der Waals surface area contributed by atoms with Crippen LogP contribution in [0.2, 0.25) is 0 Å². The van der Waals surface area contributed by atoms with E-state index in [1.165, 1.54) is 30.0 Å². The summed E-state index contributed by atoms with van der Waals surface area (Å²) in [6.45, 7) is -0.134. The van der Waals surface area contributed by atoms with E-state index >= 15 is 0 Å². The van der Waals surface area contributed by atoms with E-state index in [-0.39, 0.29) is 12.2 Å². The predicted octanol–water partition coefficient (Wildman–Crippen LogP) is 2.76. The molecular weight excluding hydrogens is 383 g/mol. The number of halogens is 1. The lowest BCUT2D eigenvalue weighted by Gasteiger charge is -2.08. The molecule has 1 heterocycles. The Morgan fingerprint density at radius 1 is 1.18 bits per heavy atom. The fourth-order valence-electron chi connectivity index (χ4n) is 2.23. The van der Waals surface area contributed by atoms with Crippen LogP contribution in [0.25, 0.3) is 5.69 Å². The zero-order valence-electron chi connectivity index (χ0n) is 14.8. The predicted molar refractivity (Wildman–Crippen MR) is 101 cm³/mol. The van der Waals surface area contributed by atoms with E-state index in [2.05, 4.69) is 27.4 Å². The van der Waals surface area contributed by atoms with Gasteiger partial charge in [0.25, 0.3) is 0 Å². The Hall–Kier alpha value is -3.38. The first-order chi connectivity index (χ1) is 13.7. The highest BCUT2D eigenvalue weighted by Crippen LogP contribution is 2.25. The number of ether oxygens (including phenoxy) is 2. The van der Waals surface area contributed by atoms with Crippen molar-refractivity contribution in [3.05, 3.63) is 59.9 Å². The van der Waals surface area contributed by atoms with Crippen molar-refractivity contribution < 1.29 is 18.7 Å². The first kappa shape index (κ1) is 19.4. The lowest BCUT2D eigenvalue weighted by atomic mass is 10.2. The van der Waals surface area contributed by atoms with Gasteiger partial charge in [-0.3, -0.25) is 0 Å². The number of hydrogen-bond donors (Lipinski definition) is 0. The number of carbonyl (C=O) groups is 1. The van der Waals surface area contributed by atoms with Gasteiger partial charge in [0.1, 0.15) is 17.3 Å². The maximum atomic E-state index is 13.5. The lowest BCUT2D eigenvalue weighted by Crippen LogP contribution is -2.07.